The molecule has 5 amide bonds. The highest BCUT2D eigenvalue weighted by Crippen LogP contribution is 2.50. The van der Waals surface area contributed by atoms with Crippen LogP contribution < -0.4 is 45.9 Å². The van der Waals surface area contributed by atoms with Gasteiger partial charge in [0.25, 0.3) is 10.1 Å². The summed E-state index contributed by atoms with van der Waals surface area (Å²) in [4.78, 5) is 97.3. The summed E-state index contributed by atoms with van der Waals surface area (Å²) >= 11 is 8.53. The molecule has 105 heavy (non-hydrogen) atoms. The highest BCUT2D eigenvalue weighted by Gasteiger charge is 2.36. The van der Waals surface area contributed by atoms with E-state index in [1.54, 1.807) is 82.6 Å². The van der Waals surface area contributed by atoms with Gasteiger partial charge in [-0.1, -0.05) is 80.9 Å². The number of piperazine rings is 1. The minimum absolute atomic E-state index is 0.00820. The number of amides is 5. The number of halogens is 2. The molecular formula is C73H83ClFN12O16S2+. The maximum absolute atomic E-state index is 14.5. The number of rotatable bonds is 35. The second-order valence-corrected chi connectivity index (χ2v) is 28.5. The molecule has 1 fully saturated rings. The molecule has 32 heteroatoms. The summed E-state index contributed by atoms with van der Waals surface area (Å²) in [6.07, 6.45) is 4.13. The molecule has 0 aliphatic carbocycles. The van der Waals surface area contributed by atoms with E-state index < -0.39 is 80.6 Å². The van der Waals surface area contributed by atoms with Crippen molar-refractivity contribution in [2.45, 2.75) is 83.2 Å². The summed E-state index contributed by atoms with van der Waals surface area (Å²) in [5.74, 6) is -2.82. The van der Waals surface area contributed by atoms with Gasteiger partial charge in [-0.3, -0.25) is 23.8 Å². The van der Waals surface area contributed by atoms with Gasteiger partial charge in [-0.2, -0.15) is 8.42 Å². The number of carbonyl (C=O) groups excluding carboxylic acids is 4. The van der Waals surface area contributed by atoms with Crippen LogP contribution in [0.5, 0.6) is 23.1 Å². The number of likely N-dealkylation sites (N-methyl/N-ethyl adjacent to an activating group) is 1. The zero-order valence-electron chi connectivity index (χ0n) is 58.6. The van der Waals surface area contributed by atoms with Gasteiger partial charge in [-0.15, -0.1) is 11.3 Å². The van der Waals surface area contributed by atoms with Crippen LogP contribution >= 0.6 is 22.9 Å². The summed E-state index contributed by atoms with van der Waals surface area (Å²) in [5, 5.41) is 23.4. The lowest BCUT2D eigenvalue weighted by Gasteiger charge is -2.42. The topological polar surface area (TPSA) is 357 Å². The fourth-order valence-electron chi connectivity index (χ4n) is 12.1. The normalized spacial score (nSPS) is 14.8. The standard InChI is InChI=1S/C73H82ClFN12O16S2/c1-44(2)64(83-60(88)25-34-98-35-31-86-101-37-38-102-86)68(89)84-65(45(3)23-26-78-73(76)93)69(90)82-51-20-17-49(59(40-51)105(94,95)96)41-87(5)32-28-85(29-33-87)30-36-99-57-22-21-53(46(4)63(57)74)61-62-70(79-43-80-71(62)104-66(61)47-15-18-50(75)19-16-47)103-58(72(91)92)39-48-11-7-9-13-55(48)100-42-52-24-27-77-67(81-52)54-12-8-10-14-56(54)97-6/h7-22,24,27,37-38,40,43-45,58,64-65H,23,25-26,28-36,39,41-42H2,1-6H3,(H7-,76,78,82,83,84,88,89,90,91,92,93,94,95,96)/p+1/t45?,58-,64+,65+/m1/s1. The molecule has 556 valence electrons. The maximum atomic E-state index is 14.5. The molecule has 1 unspecified atom stereocenters. The molecule has 2 aliphatic rings. The van der Waals surface area contributed by atoms with E-state index in [1.165, 1.54) is 59.7 Å². The number of hydrogen-bond acceptors (Lipinski definition) is 21. The molecule has 3 aromatic heterocycles. The van der Waals surface area contributed by atoms with Crippen LogP contribution in [-0.4, -0.2) is 180 Å². The number of ether oxygens (including phenoxy) is 5. The lowest BCUT2D eigenvalue weighted by atomic mass is 9.95. The van der Waals surface area contributed by atoms with Gasteiger partial charge in [0.1, 0.15) is 71.0 Å². The number of aliphatic carboxylic acids is 1. The van der Waals surface area contributed by atoms with Crippen LogP contribution in [0.1, 0.15) is 56.0 Å². The number of fused-ring (bicyclic) bond motifs is 1. The molecule has 0 radical (unpaired) electrons. The van der Waals surface area contributed by atoms with Crippen molar-refractivity contribution in [3.05, 3.63) is 167 Å². The van der Waals surface area contributed by atoms with Gasteiger partial charge in [0, 0.05) is 72.1 Å². The SMILES string of the molecule is COc1ccccc1-c1nccc(COc2ccccc2C[C@@H](Oc2ncnc3sc(-c4ccc(F)cc4)c(-c4ccc(OCCN5CC[N+](C)(Cc6ccc(NC(=O)[C@@H](NC(=O)[C@@H](NC(=O)CCOCCN7OC=CO7)C(C)C)C(C)CCNC(N)=O)cc6S(=O)(=O)O)CC5)c(Cl)c4C)c23)C(=O)O)n1. The highest BCUT2D eigenvalue weighted by atomic mass is 35.5. The Balaban J connectivity index is 0.781. The lowest BCUT2D eigenvalue weighted by molar-refractivity contribution is -0.926. The number of quaternary nitrogens is 1. The number of urea groups is 1. The average molecular weight is 1500 g/mol. The van der Waals surface area contributed by atoms with Crippen LogP contribution in [0.2, 0.25) is 5.02 Å². The van der Waals surface area contributed by atoms with Gasteiger partial charge in [0.2, 0.25) is 29.7 Å². The molecule has 0 spiro atoms. The van der Waals surface area contributed by atoms with Gasteiger partial charge in [0.15, 0.2) is 18.3 Å². The number of benzene rings is 5. The zero-order valence-corrected chi connectivity index (χ0v) is 61.0. The molecule has 2 aliphatic heterocycles. The Labute approximate surface area is 615 Å². The minimum atomic E-state index is -4.86. The fraction of sp³-hybridized carbons (Fsp3) is 0.356. The monoisotopic (exact) mass is 1500 g/mol. The van der Waals surface area contributed by atoms with Crippen LogP contribution in [0, 0.1) is 24.6 Å². The second-order valence-electron chi connectivity index (χ2n) is 25.8. The number of anilines is 1. The minimum Gasteiger partial charge on any atom is -0.496 e. The first-order valence-corrected chi connectivity index (χ1v) is 36.4. The number of nitrogens with one attached hydrogen (secondary N) is 4. The summed E-state index contributed by atoms with van der Waals surface area (Å²) < 4.78 is 82.0. The lowest BCUT2D eigenvalue weighted by Crippen LogP contribution is -2.57. The Kier molecular flexibility index (Phi) is 26.3. The zero-order chi connectivity index (χ0) is 75.0. The third-order valence-electron chi connectivity index (χ3n) is 17.9. The largest absolute Gasteiger partial charge is 0.496 e. The predicted octanol–water partition coefficient (Wildman–Crippen LogP) is 9.15. The Morgan fingerprint density at radius 3 is 2.27 bits per heavy atom. The number of carboxylic acids is 1. The van der Waals surface area contributed by atoms with Crippen LogP contribution in [0.25, 0.3) is 43.2 Å². The number of nitrogens with two attached hydrogens (primary N) is 1. The average Bonchev–Trinajstić information content (AvgIpc) is 1.60. The number of carboxylic acid groups (broad SMARTS) is 1. The van der Waals surface area contributed by atoms with Crippen molar-refractivity contribution >= 4 is 78.7 Å². The molecule has 10 rings (SSSR count). The van der Waals surface area contributed by atoms with Crippen LogP contribution in [0.3, 0.4) is 0 Å². The van der Waals surface area contributed by atoms with Crippen molar-refractivity contribution in [2.24, 2.45) is 17.6 Å². The second kappa shape index (κ2) is 35.6. The summed E-state index contributed by atoms with van der Waals surface area (Å²) in [6, 6.07) is 26.8. The van der Waals surface area contributed by atoms with E-state index in [4.69, 9.17) is 55.7 Å². The predicted molar refractivity (Wildman–Crippen MR) is 389 cm³/mol. The number of hydroxylamine groups is 2. The van der Waals surface area contributed by atoms with Crippen molar-refractivity contribution in [1.29, 1.82) is 0 Å². The Hall–Kier alpha value is -10.1. The molecular weight excluding hydrogens is 1420 g/mol. The molecule has 8 aromatic rings. The molecule has 8 N–H and O–H groups in total. The fourth-order valence-corrected chi connectivity index (χ4v) is 14.2. The van der Waals surface area contributed by atoms with Crippen LogP contribution in [0.15, 0.2) is 139 Å². The van der Waals surface area contributed by atoms with E-state index in [0.717, 1.165) is 6.07 Å². The Bertz CT molecular complexity index is 4560. The smallest absolute Gasteiger partial charge is 0.345 e. The molecule has 1 saturated heterocycles. The molecule has 0 bridgehead atoms. The van der Waals surface area contributed by atoms with Crippen molar-refractivity contribution in [1.82, 2.24) is 46.0 Å². The maximum Gasteiger partial charge on any atom is 0.345 e. The third kappa shape index (κ3) is 20.4. The number of hydrogen-bond donors (Lipinski definition) is 7. The summed E-state index contributed by atoms with van der Waals surface area (Å²) in [6.45, 7) is 10.8. The summed E-state index contributed by atoms with van der Waals surface area (Å²) in [5.41, 5.74) is 9.90. The Morgan fingerprint density at radius 2 is 1.55 bits per heavy atom. The molecule has 4 atom stereocenters. The van der Waals surface area contributed by atoms with E-state index >= 15 is 0 Å². The molecule has 5 heterocycles. The van der Waals surface area contributed by atoms with Gasteiger partial charge >= 0.3 is 12.0 Å². The van der Waals surface area contributed by atoms with Crippen molar-refractivity contribution in [3.63, 3.8) is 0 Å². The number of carbonyl (C=O) groups is 5. The van der Waals surface area contributed by atoms with Crippen molar-refractivity contribution < 1.29 is 84.3 Å². The van der Waals surface area contributed by atoms with E-state index in [-0.39, 0.29) is 76.9 Å². The number of aromatic nitrogens is 4. The van der Waals surface area contributed by atoms with Crippen LogP contribution in [-0.2, 0) is 63.3 Å². The molecule has 28 nitrogen and oxygen atoms in total. The van der Waals surface area contributed by atoms with E-state index in [9.17, 15) is 46.4 Å². The van der Waals surface area contributed by atoms with Gasteiger partial charge < -0.3 is 69.9 Å². The number of methoxy groups -OCH3 is 1. The first-order chi connectivity index (χ1) is 50.3. The number of nitrogens with zero attached hydrogens (tertiary/aromatic N) is 7. The number of primary amides is 1. The van der Waals surface area contributed by atoms with Crippen LogP contribution in [0.4, 0.5) is 14.9 Å². The number of thiophene rings is 1. The molecule has 5 aromatic carbocycles. The first-order valence-electron chi connectivity index (χ1n) is 33.8. The van der Waals surface area contributed by atoms with E-state index in [2.05, 4.69) is 41.1 Å². The van der Waals surface area contributed by atoms with E-state index in [1.807, 2.05) is 44.3 Å². The summed E-state index contributed by atoms with van der Waals surface area (Å²) in [7, 11) is -1.31. The van der Waals surface area contributed by atoms with Crippen molar-refractivity contribution in [2.75, 3.05) is 85.1 Å². The Morgan fingerprint density at radius 1 is 0.819 bits per heavy atom. The highest BCUT2D eigenvalue weighted by molar-refractivity contribution is 7.85. The van der Waals surface area contributed by atoms with Gasteiger partial charge in [-0.05, 0) is 108 Å². The van der Waals surface area contributed by atoms with Gasteiger partial charge in [0.05, 0.1) is 68.7 Å². The van der Waals surface area contributed by atoms with E-state index in [0.29, 0.717) is 125 Å². The molecule has 0 saturated carbocycles. The number of para-hydroxylation sites is 2. The first kappa shape index (κ1) is 77.5. The van der Waals surface area contributed by atoms with Gasteiger partial charge in [-0.25, -0.2) is 33.9 Å². The van der Waals surface area contributed by atoms with Crippen molar-refractivity contribution in [3.8, 4) is 56.1 Å². The quantitative estimate of drug-likeness (QED) is 0.0110. The third-order valence-corrected chi connectivity index (χ3v) is 20.4.